The molecule has 4 rings (SSSR count). The van der Waals surface area contributed by atoms with E-state index in [1.807, 2.05) is 0 Å². The minimum absolute atomic E-state index is 0.0437. The third-order valence-electron chi connectivity index (χ3n) is 12.8. The van der Waals surface area contributed by atoms with Crippen LogP contribution in [0.25, 0.3) is 0 Å². The molecule has 0 bridgehead atoms. The Morgan fingerprint density at radius 3 is 2.47 bits per heavy atom. The second kappa shape index (κ2) is 12.8. The van der Waals surface area contributed by atoms with E-state index in [4.69, 9.17) is 4.74 Å². The molecule has 0 N–H and O–H groups in total. The smallest absolute Gasteiger partial charge is 0.306 e. The van der Waals surface area contributed by atoms with Gasteiger partial charge in [0.15, 0.2) is 0 Å². The number of carbonyl (C=O) groups is 1. The second-order valence-electron chi connectivity index (χ2n) is 15.1. The van der Waals surface area contributed by atoms with Gasteiger partial charge >= 0.3 is 5.97 Å². The Morgan fingerprint density at radius 2 is 1.76 bits per heavy atom. The summed E-state index contributed by atoms with van der Waals surface area (Å²) < 4.78 is 6.01. The van der Waals surface area contributed by atoms with Crippen LogP contribution in [0.4, 0.5) is 0 Å². The number of ether oxygens (including phenoxy) is 1. The van der Waals surface area contributed by atoms with E-state index in [1.54, 1.807) is 5.57 Å². The van der Waals surface area contributed by atoms with Crippen molar-refractivity contribution in [2.45, 2.75) is 157 Å². The van der Waals surface area contributed by atoms with E-state index >= 15 is 0 Å². The van der Waals surface area contributed by atoms with E-state index in [2.05, 4.69) is 54.5 Å². The van der Waals surface area contributed by atoms with Gasteiger partial charge in [0.05, 0.1) is 0 Å². The zero-order valence-corrected chi connectivity index (χ0v) is 26.3. The van der Waals surface area contributed by atoms with E-state index in [0.29, 0.717) is 17.3 Å². The minimum Gasteiger partial charge on any atom is -0.462 e. The molecule has 0 aromatic heterocycles. The van der Waals surface area contributed by atoms with Gasteiger partial charge in [0.2, 0.25) is 0 Å². The standard InChI is InChI=1S/C36H62O2/c1-8-10-11-12-13-34(37)38-29-20-22-35(6)28(24-29)16-17-30-32-19-18-31(36(32,7)23-21-33(30)35)26(5)14-15-27(9-2)25(3)4/h16,25-27,29-33H,8-15,17-24H2,1-7H3/t26-,27-,29+,30+,31-,32+,33+,35+,36-/m1/s1. The van der Waals surface area contributed by atoms with Gasteiger partial charge < -0.3 is 4.74 Å². The Balaban J connectivity index is 1.37. The summed E-state index contributed by atoms with van der Waals surface area (Å²) in [4.78, 5) is 12.5. The van der Waals surface area contributed by atoms with Crippen molar-refractivity contribution in [3.05, 3.63) is 11.6 Å². The molecule has 0 aliphatic heterocycles. The highest BCUT2D eigenvalue weighted by atomic mass is 16.5. The molecule has 4 aliphatic rings. The monoisotopic (exact) mass is 526 g/mol. The van der Waals surface area contributed by atoms with Crippen LogP contribution in [0.2, 0.25) is 0 Å². The lowest BCUT2D eigenvalue weighted by atomic mass is 9.47. The van der Waals surface area contributed by atoms with E-state index in [1.165, 1.54) is 70.6 Å². The lowest BCUT2D eigenvalue weighted by Gasteiger charge is -2.58. The molecule has 4 aliphatic carbocycles. The fourth-order valence-electron chi connectivity index (χ4n) is 10.3. The maximum atomic E-state index is 12.5. The van der Waals surface area contributed by atoms with Crippen molar-refractivity contribution in [2.24, 2.45) is 52.3 Å². The van der Waals surface area contributed by atoms with E-state index < -0.39 is 0 Å². The van der Waals surface area contributed by atoms with Gasteiger partial charge in [-0.05, 0) is 110 Å². The number of rotatable bonds is 12. The van der Waals surface area contributed by atoms with Crippen molar-refractivity contribution in [2.75, 3.05) is 0 Å². The highest BCUT2D eigenvalue weighted by Crippen LogP contribution is 2.67. The molecule has 0 unspecified atom stereocenters. The summed E-state index contributed by atoms with van der Waals surface area (Å²) in [6.45, 7) is 17.3. The lowest BCUT2D eigenvalue weighted by Crippen LogP contribution is -2.51. The molecule has 0 radical (unpaired) electrons. The Morgan fingerprint density at radius 1 is 0.974 bits per heavy atom. The molecule has 0 aromatic rings. The van der Waals surface area contributed by atoms with Crippen molar-refractivity contribution < 1.29 is 9.53 Å². The van der Waals surface area contributed by atoms with Gasteiger partial charge in [0, 0.05) is 12.8 Å². The number of carbonyl (C=O) groups excluding carboxylic acids is 1. The summed E-state index contributed by atoms with van der Waals surface area (Å²) >= 11 is 0. The SMILES string of the molecule is CCCCCCC(=O)O[C@H]1CC[C@@]2(C)C(=CC[C@H]3[C@@H]4CC[C@H]([C@H](C)CC[C@@H](CC)C(C)C)[C@@]4(C)CC[C@@H]32)C1. The maximum absolute atomic E-state index is 12.5. The van der Waals surface area contributed by atoms with Crippen LogP contribution in [0, 0.1) is 52.3 Å². The molecule has 3 fully saturated rings. The van der Waals surface area contributed by atoms with Crippen molar-refractivity contribution in [1.29, 1.82) is 0 Å². The van der Waals surface area contributed by atoms with Gasteiger partial charge in [-0.3, -0.25) is 4.79 Å². The molecule has 0 amide bonds. The molecule has 0 spiro atoms. The van der Waals surface area contributed by atoms with Crippen LogP contribution in [0.3, 0.4) is 0 Å². The molecular weight excluding hydrogens is 464 g/mol. The predicted octanol–water partition coefficient (Wildman–Crippen LogP) is 10.5. The fraction of sp³-hybridized carbons (Fsp3) is 0.917. The van der Waals surface area contributed by atoms with E-state index in [9.17, 15) is 4.79 Å². The summed E-state index contributed by atoms with van der Waals surface area (Å²) in [5, 5.41) is 0. The number of fused-ring (bicyclic) bond motifs is 5. The Bertz CT molecular complexity index is 812. The molecule has 218 valence electrons. The zero-order chi connectivity index (χ0) is 27.5. The van der Waals surface area contributed by atoms with Crippen LogP contribution in [0.15, 0.2) is 11.6 Å². The van der Waals surface area contributed by atoms with Crippen molar-refractivity contribution in [3.63, 3.8) is 0 Å². The van der Waals surface area contributed by atoms with Crippen LogP contribution in [0.1, 0.15) is 151 Å². The first-order valence-electron chi connectivity index (χ1n) is 17.0. The first kappa shape index (κ1) is 30.2. The lowest BCUT2D eigenvalue weighted by molar-refractivity contribution is -0.151. The highest BCUT2D eigenvalue weighted by Gasteiger charge is 2.59. The van der Waals surface area contributed by atoms with Gasteiger partial charge in [-0.15, -0.1) is 0 Å². The van der Waals surface area contributed by atoms with Gasteiger partial charge in [-0.2, -0.15) is 0 Å². The third-order valence-corrected chi connectivity index (χ3v) is 12.8. The Hall–Kier alpha value is -0.790. The first-order valence-corrected chi connectivity index (χ1v) is 17.0. The highest BCUT2D eigenvalue weighted by molar-refractivity contribution is 5.69. The molecule has 2 heteroatoms. The molecule has 0 aromatic carbocycles. The quantitative estimate of drug-likeness (QED) is 0.144. The number of hydrogen-bond donors (Lipinski definition) is 0. The number of allylic oxidation sites excluding steroid dienone is 1. The molecule has 2 nitrogen and oxygen atoms in total. The summed E-state index contributed by atoms with van der Waals surface area (Å²) in [7, 11) is 0. The number of esters is 1. The van der Waals surface area contributed by atoms with Gasteiger partial charge in [0.25, 0.3) is 0 Å². The maximum Gasteiger partial charge on any atom is 0.306 e. The van der Waals surface area contributed by atoms with Crippen LogP contribution in [0.5, 0.6) is 0 Å². The van der Waals surface area contributed by atoms with E-state index in [0.717, 1.165) is 67.1 Å². The Kier molecular flexibility index (Phi) is 10.2. The molecule has 3 saturated carbocycles. The minimum atomic E-state index is 0.0437. The van der Waals surface area contributed by atoms with Crippen LogP contribution in [-0.2, 0) is 9.53 Å². The Labute approximate surface area is 236 Å². The molecular formula is C36H62O2. The van der Waals surface area contributed by atoms with Gasteiger partial charge in [-0.1, -0.05) is 92.2 Å². The van der Waals surface area contributed by atoms with Crippen molar-refractivity contribution in [3.8, 4) is 0 Å². The van der Waals surface area contributed by atoms with E-state index in [-0.39, 0.29) is 12.1 Å². The molecule has 9 atom stereocenters. The fourth-order valence-corrected chi connectivity index (χ4v) is 10.3. The predicted molar refractivity (Wildman–Crippen MR) is 161 cm³/mol. The third kappa shape index (κ3) is 6.10. The van der Waals surface area contributed by atoms with Crippen LogP contribution < -0.4 is 0 Å². The topological polar surface area (TPSA) is 26.3 Å². The number of unbranched alkanes of at least 4 members (excludes halogenated alkanes) is 3. The van der Waals surface area contributed by atoms with Gasteiger partial charge in [-0.25, -0.2) is 0 Å². The summed E-state index contributed by atoms with van der Waals surface area (Å²) in [5.41, 5.74) is 2.52. The van der Waals surface area contributed by atoms with Gasteiger partial charge in [0.1, 0.15) is 6.10 Å². The molecule has 38 heavy (non-hydrogen) atoms. The average molecular weight is 527 g/mol. The summed E-state index contributed by atoms with van der Waals surface area (Å²) in [6.07, 6.45) is 22.5. The normalized spacial score (nSPS) is 38.1. The van der Waals surface area contributed by atoms with Crippen LogP contribution >= 0.6 is 0 Å². The van der Waals surface area contributed by atoms with Crippen molar-refractivity contribution in [1.82, 2.24) is 0 Å². The average Bonchev–Trinajstić information content (AvgIpc) is 3.24. The molecule has 0 saturated heterocycles. The summed E-state index contributed by atoms with van der Waals surface area (Å²) in [5.74, 6) is 6.17. The first-order chi connectivity index (χ1) is 18.1. The van der Waals surface area contributed by atoms with Crippen LogP contribution in [-0.4, -0.2) is 12.1 Å². The number of hydrogen-bond acceptors (Lipinski definition) is 2. The summed E-state index contributed by atoms with van der Waals surface area (Å²) in [6, 6.07) is 0. The molecule has 0 heterocycles. The van der Waals surface area contributed by atoms with Crippen molar-refractivity contribution >= 4 is 5.97 Å². The largest absolute Gasteiger partial charge is 0.462 e. The second-order valence-corrected chi connectivity index (χ2v) is 15.1. The zero-order valence-electron chi connectivity index (χ0n) is 26.3.